The van der Waals surface area contributed by atoms with Crippen LogP contribution in [-0.2, 0) is 4.79 Å². The maximum atomic E-state index is 12.2. The minimum atomic E-state index is -4.19. The predicted octanol–water partition coefficient (Wildman–Crippen LogP) is 3.18. The second-order valence-electron chi connectivity index (χ2n) is 5.43. The fourth-order valence-electron chi connectivity index (χ4n) is 2.00. The van der Waals surface area contributed by atoms with E-state index in [1.807, 2.05) is 24.3 Å². The van der Waals surface area contributed by atoms with Crippen molar-refractivity contribution in [3.05, 3.63) is 24.3 Å². The summed E-state index contributed by atoms with van der Waals surface area (Å²) in [6.07, 6.45) is -3.72. The van der Waals surface area contributed by atoms with Crippen molar-refractivity contribution in [2.45, 2.75) is 29.7 Å². The number of nitrogens with one attached hydrogen (secondary N) is 1. The van der Waals surface area contributed by atoms with Crippen LogP contribution in [0.3, 0.4) is 0 Å². The van der Waals surface area contributed by atoms with Crippen molar-refractivity contribution in [3.63, 3.8) is 0 Å². The monoisotopic (exact) mass is 364 g/mol. The number of alkyl halides is 3. The van der Waals surface area contributed by atoms with Gasteiger partial charge in [0, 0.05) is 11.4 Å². The van der Waals surface area contributed by atoms with Crippen LogP contribution in [-0.4, -0.2) is 56.0 Å². The molecule has 0 aromatic heterocycles. The molecule has 0 aliphatic heterocycles. The lowest BCUT2D eigenvalue weighted by atomic mass is 10.3. The quantitative estimate of drug-likeness (QED) is 0.540. The van der Waals surface area contributed by atoms with Gasteiger partial charge in [-0.05, 0) is 51.2 Å². The highest BCUT2D eigenvalue weighted by atomic mass is 32.2. The third-order valence-corrected chi connectivity index (χ3v) is 4.32. The maximum absolute atomic E-state index is 12.2. The molecule has 1 atom stereocenters. The molecule has 0 saturated heterocycles. The molecule has 1 N–H and O–H groups in total. The predicted molar refractivity (Wildman–Crippen MR) is 89.5 cm³/mol. The number of ether oxygens (including phenoxy) is 1. The van der Waals surface area contributed by atoms with Gasteiger partial charge in [0.05, 0.1) is 18.9 Å². The first kappa shape index (κ1) is 20.6. The van der Waals surface area contributed by atoms with E-state index in [0.717, 1.165) is 10.6 Å². The Kier molecular flexibility index (Phi) is 8.41. The Labute approximate surface area is 144 Å². The van der Waals surface area contributed by atoms with Crippen molar-refractivity contribution in [3.8, 4) is 5.75 Å². The Bertz CT molecular complexity index is 509. The first-order chi connectivity index (χ1) is 11.2. The Balaban J connectivity index is 2.26. The molecule has 0 fully saturated rings. The minimum Gasteiger partial charge on any atom is -0.497 e. The van der Waals surface area contributed by atoms with Gasteiger partial charge in [0.2, 0.25) is 5.91 Å². The molecule has 0 spiro atoms. The molecular formula is C16H23F3N2O2S. The number of hydrogen-bond acceptors (Lipinski definition) is 4. The number of amides is 1. The van der Waals surface area contributed by atoms with E-state index < -0.39 is 12.7 Å². The number of benzene rings is 1. The van der Waals surface area contributed by atoms with Crippen LogP contribution < -0.4 is 10.1 Å². The fraction of sp³-hybridized carbons (Fsp3) is 0.562. The molecule has 0 radical (unpaired) electrons. The second kappa shape index (κ2) is 9.78. The molecule has 1 aromatic carbocycles. The molecule has 24 heavy (non-hydrogen) atoms. The zero-order valence-corrected chi connectivity index (χ0v) is 14.8. The van der Waals surface area contributed by atoms with Crippen LogP contribution in [0.5, 0.6) is 5.75 Å². The van der Waals surface area contributed by atoms with Gasteiger partial charge >= 0.3 is 6.18 Å². The minimum absolute atomic E-state index is 0.130. The van der Waals surface area contributed by atoms with Crippen molar-refractivity contribution < 1.29 is 22.7 Å². The average Bonchev–Trinajstić information content (AvgIpc) is 2.50. The van der Waals surface area contributed by atoms with Crippen molar-refractivity contribution in [1.82, 2.24) is 10.2 Å². The first-order valence-corrected chi connectivity index (χ1v) is 8.43. The Morgan fingerprint density at radius 3 is 2.50 bits per heavy atom. The van der Waals surface area contributed by atoms with Gasteiger partial charge in [0.1, 0.15) is 5.75 Å². The van der Waals surface area contributed by atoms with Gasteiger partial charge in [0.25, 0.3) is 0 Å². The van der Waals surface area contributed by atoms with Crippen LogP contribution in [0.15, 0.2) is 29.2 Å². The lowest BCUT2D eigenvalue weighted by Crippen LogP contribution is -2.35. The Morgan fingerprint density at radius 2 is 1.96 bits per heavy atom. The number of carbonyl (C=O) groups excluding carboxylic acids is 1. The number of halogens is 3. The van der Waals surface area contributed by atoms with Gasteiger partial charge in [-0.25, -0.2) is 0 Å². The Morgan fingerprint density at radius 1 is 1.33 bits per heavy atom. The van der Waals surface area contributed by atoms with Gasteiger partial charge in [0.15, 0.2) is 0 Å². The summed E-state index contributed by atoms with van der Waals surface area (Å²) < 4.78 is 41.6. The average molecular weight is 364 g/mol. The molecule has 0 bridgehead atoms. The van der Waals surface area contributed by atoms with E-state index in [1.54, 1.807) is 14.0 Å². The highest BCUT2D eigenvalue weighted by Crippen LogP contribution is 2.25. The summed E-state index contributed by atoms with van der Waals surface area (Å²) >= 11 is 1.42. The highest BCUT2D eigenvalue weighted by molar-refractivity contribution is 8.00. The van der Waals surface area contributed by atoms with Crippen LogP contribution in [0.2, 0.25) is 0 Å². The Hall–Kier alpha value is -1.41. The maximum Gasteiger partial charge on any atom is 0.401 e. The first-order valence-electron chi connectivity index (χ1n) is 7.55. The number of rotatable bonds is 9. The largest absolute Gasteiger partial charge is 0.497 e. The van der Waals surface area contributed by atoms with Crippen molar-refractivity contribution in [2.75, 3.05) is 33.8 Å². The molecule has 136 valence electrons. The van der Waals surface area contributed by atoms with E-state index in [1.165, 1.54) is 23.7 Å². The summed E-state index contributed by atoms with van der Waals surface area (Å²) in [6.45, 7) is 1.49. The zero-order valence-electron chi connectivity index (χ0n) is 14.0. The van der Waals surface area contributed by atoms with Gasteiger partial charge in [-0.2, -0.15) is 13.2 Å². The summed E-state index contributed by atoms with van der Waals surface area (Å²) in [5, 5.41) is 2.47. The summed E-state index contributed by atoms with van der Waals surface area (Å²) in [4.78, 5) is 14.1. The lowest BCUT2D eigenvalue weighted by molar-refractivity contribution is -0.143. The molecule has 8 heteroatoms. The fourth-order valence-corrected chi connectivity index (χ4v) is 2.89. The molecule has 0 heterocycles. The van der Waals surface area contributed by atoms with E-state index in [-0.39, 0.29) is 17.7 Å². The molecule has 0 saturated carbocycles. The standard InChI is InChI=1S/C16H23F3N2O2S/c1-12(24-14-7-5-13(23-3)6-8-14)15(22)20-9-4-10-21(2)11-16(17,18)19/h5-8,12H,4,9-11H2,1-3H3,(H,20,22). The van der Waals surface area contributed by atoms with Gasteiger partial charge in [-0.15, -0.1) is 11.8 Å². The van der Waals surface area contributed by atoms with Crippen molar-refractivity contribution >= 4 is 17.7 Å². The molecule has 1 rings (SSSR count). The van der Waals surface area contributed by atoms with E-state index in [0.29, 0.717) is 13.0 Å². The van der Waals surface area contributed by atoms with E-state index in [2.05, 4.69) is 5.32 Å². The van der Waals surface area contributed by atoms with Gasteiger partial charge < -0.3 is 10.1 Å². The third-order valence-electron chi connectivity index (χ3n) is 3.21. The normalized spacial score (nSPS) is 13.0. The van der Waals surface area contributed by atoms with Crippen LogP contribution in [0.1, 0.15) is 13.3 Å². The van der Waals surface area contributed by atoms with Gasteiger partial charge in [-0.1, -0.05) is 0 Å². The highest BCUT2D eigenvalue weighted by Gasteiger charge is 2.28. The molecule has 0 aliphatic carbocycles. The van der Waals surface area contributed by atoms with E-state index in [9.17, 15) is 18.0 Å². The number of carbonyl (C=O) groups is 1. The van der Waals surface area contributed by atoms with Crippen LogP contribution in [0.25, 0.3) is 0 Å². The van der Waals surface area contributed by atoms with Crippen LogP contribution in [0.4, 0.5) is 13.2 Å². The number of thioether (sulfide) groups is 1. The molecule has 1 aromatic rings. The van der Waals surface area contributed by atoms with E-state index in [4.69, 9.17) is 4.74 Å². The topological polar surface area (TPSA) is 41.6 Å². The van der Waals surface area contributed by atoms with Crippen molar-refractivity contribution in [2.24, 2.45) is 0 Å². The van der Waals surface area contributed by atoms with Crippen LogP contribution >= 0.6 is 11.8 Å². The molecule has 4 nitrogen and oxygen atoms in total. The number of hydrogen-bond donors (Lipinski definition) is 1. The number of nitrogens with zero attached hydrogens (tertiary/aromatic N) is 1. The smallest absolute Gasteiger partial charge is 0.401 e. The molecular weight excluding hydrogens is 341 g/mol. The van der Waals surface area contributed by atoms with E-state index >= 15 is 0 Å². The van der Waals surface area contributed by atoms with Crippen LogP contribution in [0, 0.1) is 0 Å². The molecule has 1 amide bonds. The summed E-state index contributed by atoms with van der Waals surface area (Å²) in [5.74, 6) is 0.619. The second-order valence-corrected chi connectivity index (χ2v) is 6.85. The third kappa shape index (κ3) is 8.44. The number of methoxy groups -OCH3 is 1. The summed E-state index contributed by atoms with van der Waals surface area (Å²) in [7, 11) is 3.00. The van der Waals surface area contributed by atoms with Crippen molar-refractivity contribution in [1.29, 1.82) is 0 Å². The summed E-state index contributed by atoms with van der Waals surface area (Å²) in [6, 6.07) is 7.39. The SMILES string of the molecule is COc1ccc(SC(C)C(=O)NCCCN(C)CC(F)(F)F)cc1. The van der Waals surface area contributed by atoms with Gasteiger partial charge in [-0.3, -0.25) is 9.69 Å². The summed E-state index contributed by atoms with van der Waals surface area (Å²) in [5.41, 5.74) is 0. The molecule has 1 unspecified atom stereocenters. The lowest BCUT2D eigenvalue weighted by Gasteiger charge is -2.18. The zero-order chi connectivity index (χ0) is 18.2. The molecule has 0 aliphatic rings.